The number of thioether (sulfide) groups is 1. The maximum absolute atomic E-state index is 11.8. The third-order valence-electron chi connectivity index (χ3n) is 2.56. The molecule has 1 saturated heterocycles. The predicted molar refractivity (Wildman–Crippen MR) is 65.5 cm³/mol. The Labute approximate surface area is 101 Å². The van der Waals surface area contributed by atoms with Crippen LogP contribution < -0.4 is 5.32 Å². The Morgan fingerprint density at radius 2 is 2.00 bits per heavy atom. The van der Waals surface area contributed by atoms with Crippen LogP contribution in [0, 0.1) is 0 Å². The summed E-state index contributed by atoms with van der Waals surface area (Å²) < 4.78 is 0. The highest BCUT2D eigenvalue weighted by Crippen LogP contribution is 1.99. The van der Waals surface area contributed by atoms with Crippen LogP contribution in [-0.2, 0) is 9.59 Å². The second-order valence-electron chi connectivity index (χ2n) is 3.76. The number of likely N-dealkylation sites (N-methyl/N-ethyl adjacent to an activating group) is 1. The summed E-state index contributed by atoms with van der Waals surface area (Å²) >= 11 is 1.67. The number of hydrogen-bond acceptors (Lipinski definition) is 4. The molecule has 5 nitrogen and oxygen atoms in total. The van der Waals surface area contributed by atoms with Crippen molar-refractivity contribution in [2.75, 3.05) is 51.8 Å². The van der Waals surface area contributed by atoms with Gasteiger partial charge in [-0.15, -0.1) is 0 Å². The van der Waals surface area contributed by atoms with Gasteiger partial charge < -0.3 is 15.1 Å². The maximum atomic E-state index is 11.8. The first-order chi connectivity index (χ1) is 7.66. The summed E-state index contributed by atoms with van der Waals surface area (Å²) in [6.45, 7) is 3.42. The van der Waals surface area contributed by atoms with E-state index in [1.807, 2.05) is 6.26 Å². The van der Waals surface area contributed by atoms with Crippen LogP contribution in [0.15, 0.2) is 0 Å². The van der Waals surface area contributed by atoms with E-state index in [1.54, 1.807) is 23.7 Å². The van der Waals surface area contributed by atoms with Crippen molar-refractivity contribution in [3.8, 4) is 0 Å². The third-order valence-corrected chi connectivity index (χ3v) is 3.16. The Balaban J connectivity index is 2.42. The number of rotatable bonds is 3. The van der Waals surface area contributed by atoms with Gasteiger partial charge in [0.1, 0.15) is 0 Å². The molecular formula is C10H19N3O2S. The van der Waals surface area contributed by atoms with Gasteiger partial charge in [-0.05, 0) is 6.26 Å². The Bertz CT molecular complexity index is 254. The van der Waals surface area contributed by atoms with Gasteiger partial charge in [-0.25, -0.2) is 0 Å². The van der Waals surface area contributed by atoms with Crippen LogP contribution in [0.2, 0.25) is 0 Å². The van der Waals surface area contributed by atoms with Crippen molar-refractivity contribution in [3.63, 3.8) is 0 Å². The lowest BCUT2D eigenvalue weighted by molar-refractivity contribution is -0.151. The van der Waals surface area contributed by atoms with Crippen LogP contribution in [0.5, 0.6) is 0 Å². The van der Waals surface area contributed by atoms with E-state index in [2.05, 4.69) is 5.32 Å². The second kappa shape index (κ2) is 6.75. The van der Waals surface area contributed by atoms with Crippen LogP contribution in [-0.4, -0.2) is 73.4 Å². The summed E-state index contributed by atoms with van der Waals surface area (Å²) in [6, 6.07) is 0. The van der Waals surface area contributed by atoms with E-state index >= 15 is 0 Å². The summed E-state index contributed by atoms with van der Waals surface area (Å²) in [5, 5.41) is 3.15. The zero-order chi connectivity index (χ0) is 12.0. The Hall–Kier alpha value is -0.750. The molecule has 0 aromatic heterocycles. The van der Waals surface area contributed by atoms with E-state index in [9.17, 15) is 9.59 Å². The van der Waals surface area contributed by atoms with Crippen molar-refractivity contribution in [3.05, 3.63) is 0 Å². The van der Waals surface area contributed by atoms with Crippen LogP contribution in [0.4, 0.5) is 0 Å². The molecule has 0 atom stereocenters. The fourth-order valence-corrected chi connectivity index (χ4v) is 1.95. The number of piperazine rings is 1. The molecule has 1 rings (SSSR count). The smallest absolute Gasteiger partial charge is 0.312 e. The molecule has 16 heavy (non-hydrogen) atoms. The molecule has 6 heteroatoms. The zero-order valence-electron chi connectivity index (χ0n) is 9.86. The molecule has 0 aliphatic carbocycles. The van der Waals surface area contributed by atoms with Gasteiger partial charge in [0.15, 0.2) is 0 Å². The maximum Gasteiger partial charge on any atom is 0.312 e. The van der Waals surface area contributed by atoms with E-state index in [-0.39, 0.29) is 5.91 Å². The first-order valence-corrected chi connectivity index (χ1v) is 6.80. The summed E-state index contributed by atoms with van der Waals surface area (Å²) in [5.74, 6) is 0.0953. The van der Waals surface area contributed by atoms with E-state index in [4.69, 9.17) is 0 Å². The third kappa shape index (κ3) is 3.68. The monoisotopic (exact) mass is 245 g/mol. The van der Waals surface area contributed by atoms with Gasteiger partial charge in [-0.2, -0.15) is 11.8 Å². The van der Waals surface area contributed by atoms with Gasteiger partial charge in [0, 0.05) is 45.5 Å². The highest BCUT2D eigenvalue weighted by Gasteiger charge is 2.25. The standard InChI is InChI=1S/C10H19N3O2S/c1-12(7-8-16-2)9(14)10(15)13-5-3-11-4-6-13/h11H,3-8H2,1-2H3. The van der Waals surface area contributed by atoms with Gasteiger partial charge in [-0.3, -0.25) is 9.59 Å². The normalized spacial score (nSPS) is 16.0. The fourth-order valence-electron chi connectivity index (χ4n) is 1.50. The highest BCUT2D eigenvalue weighted by atomic mass is 32.2. The number of nitrogens with zero attached hydrogens (tertiary/aromatic N) is 2. The van der Waals surface area contributed by atoms with Gasteiger partial charge >= 0.3 is 11.8 Å². The highest BCUT2D eigenvalue weighted by molar-refractivity contribution is 7.98. The van der Waals surface area contributed by atoms with Crippen LogP contribution >= 0.6 is 11.8 Å². The molecule has 1 fully saturated rings. The number of hydrogen-bond donors (Lipinski definition) is 1. The van der Waals surface area contributed by atoms with Crippen LogP contribution in [0.25, 0.3) is 0 Å². The van der Waals surface area contributed by atoms with Crippen LogP contribution in [0.3, 0.4) is 0 Å². The second-order valence-corrected chi connectivity index (χ2v) is 4.75. The van der Waals surface area contributed by atoms with Gasteiger partial charge in [0.05, 0.1) is 0 Å². The minimum Gasteiger partial charge on any atom is -0.337 e. The lowest BCUT2D eigenvalue weighted by atomic mass is 10.3. The largest absolute Gasteiger partial charge is 0.337 e. The van der Waals surface area contributed by atoms with Gasteiger partial charge in [0.25, 0.3) is 0 Å². The van der Waals surface area contributed by atoms with Crippen molar-refractivity contribution in [2.45, 2.75) is 0 Å². The topological polar surface area (TPSA) is 52.7 Å². The molecular weight excluding hydrogens is 226 g/mol. The molecule has 1 aliphatic rings. The number of carbonyl (C=O) groups excluding carboxylic acids is 2. The Kier molecular flexibility index (Phi) is 5.62. The zero-order valence-corrected chi connectivity index (χ0v) is 10.7. The first kappa shape index (κ1) is 13.3. The molecule has 1 heterocycles. The Morgan fingerprint density at radius 1 is 1.38 bits per heavy atom. The van der Waals surface area contributed by atoms with E-state index in [0.717, 1.165) is 18.8 Å². The van der Waals surface area contributed by atoms with Crippen LogP contribution in [0.1, 0.15) is 0 Å². The summed E-state index contributed by atoms with van der Waals surface area (Å²) in [6.07, 6.45) is 1.98. The van der Waals surface area contributed by atoms with Gasteiger partial charge in [-0.1, -0.05) is 0 Å². The van der Waals surface area contributed by atoms with Crippen molar-refractivity contribution >= 4 is 23.6 Å². The predicted octanol–water partition coefficient (Wildman–Crippen LogP) is -0.760. The molecule has 0 bridgehead atoms. The van der Waals surface area contributed by atoms with Crippen molar-refractivity contribution < 1.29 is 9.59 Å². The first-order valence-electron chi connectivity index (χ1n) is 5.41. The molecule has 0 aromatic rings. The number of nitrogens with one attached hydrogen (secondary N) is 1. The van der Waals surface area contributed by atoms with Gasteiger partial charge in [0.2, 0.25) is 0 Å². The van der Waals surface area contributed by atoms with E-state index < -0.39 is 5.91 Å². The average molecular weight is 245 g/mol. The minimum atomic E-state index is -0.393. The minimum absolute atomic E-state index is 0.370. The summed E-state index contributed by atoms with van der Waals surface area (Å²) in [7, 11) is 1.68. The van der Waals surface area contributed by atoms with E-state index in [0.29, 0.717) is 19.6 Å². The van der Waals surface area contributed by atoms with E-state index in [1.165, 1.54) is 4.90 Å². The molecule has 2 amide bonds. The average Bonchev–Trinajstić information content (AvgIpc) is 2.35. The molecule has 0 radical (unpaired) electrons. The molecule has 92 valence electrons. The SMILES string of the molecule is CSCCN(C)C(=O)C(=O)N1CCNCC1. The van der Waals surface area contributed by atoms with Crippen molar-refractivity contribution in [1.82, 2.24) is 15.1 Å². The molecule has 1 aliphatic heterocycles. The number of carbonyl (C=O) groups is 2. The number of amides is 2. The summed E-state index contributed by atoms with van der Waals surface area (Å²) in [5.41, 5.74) is 0. The van der Waals surface area contributed by atoms with Crippen molar-refractivity contribution in [2.24, 2.45) is 0 Å². The lowest BCUT2D eigenvalue weighted by Crippen LogP contribution is -2.51. The lowest BCUT2D eigenvalue weighted by Gasteiger charge is -2.28. The Morgan fingerprint density at radius 3 is 2.56 bits per heavy atom. The summed E-state index contributed by atoms with van der Waals surface area (Å²) in [4.78, 5) is 26.7. The quantitative estimate of drug-likeness (QED) is 0.664. The molecule has 0 aromatic carbocycles. The van der Waals surface area contributed by atoms with Crippen molar-refractivity contribution in [1.29, 1.82) is 0 Å². The molecule has 1 N–H and O–H groups in total. The molecule has 0 spiro atoms. The molecule has 0 saturated carbocycles. The molecule has 0 unspecified atom stereocenters. The fraction of sp³-hybridized carbons (Fsp3) is 0.800.